The van der Waals surface area contributed by atoms with E-state index in [9.17, 15) is 30.0 Å². The van der Waals surface area contributed by atoms with Crippen LogP contribution in [0.25, 0.3) is 0 Å². The number of carbonyl (C=O) groups excluding carboxylic acids is 2. The molecule has 27 heavy (non-hydrogen) atoms. The van der Waals surface area contributed by atoms with E-state index in [1.165, 1.54) is 13.4 Å². The van der Waals surface area contributed by atoms with Crippen molar-refractivity contribution in [1.82, 2.24) is 0 Å². The minimum Gasteiger partial charge on any atom is -0.472 e. The van der Waals surface area contributed by atoms with Gasteiger partial charge in [-0.2, -0.15) is 0 Å². The van der Waals surface area contributed by atoms with Gasteiger partial charge in [-0.3, -0.25) is 4.79 Å². The number of fused-ring (bicyclic) bond motifs is 1. The fourth-order valence-electron chi connectivity index (χ4n) is 3.92. The van der Waals surface area contributed by atoms with Crippen molar-refractivity contribution in [1.29, 1.82) is 0 Å². The van der Waals surface area contributed by atoms with Crippen LogP contribution in [-0.4, -0.2) is 82.9 Å². The normalized spacial score (nSPS) is 44.3. The van der Waals surface area contributed by atoms with Crippen molar-refractivity contribution in [3.63, 3.8) is 0 Å². The number of Topliss-reactive ketones (excluding diaryl/α,β-unsaturated/α-hetero) is 1. The molecule has 2 aliphatic heterocycles. The minimum atomic E-state index is -1.59. The lowest BCUT2D eigenvalue weighted by Crippen LogP contribution is -2.60. The van der Waals surface area contributed by atoms with Gasteiger partial charge in [0.05, 0.1) is 25.6 Å². The van der Waals surface area contributed by atoms with Crippen LogP contribution in [0.15, 0.2) is 11.8 Å². The van der Waals surface area contributed by atoms with Crippen molar-refractivity contribution < 1.29 is 49.0 Å². The topological polar surface area (TPSA) is 152 Å². The second-order valence-corrected chi connectivity index (χ2v) is 7.05. The first-order chi connectivity index (χ1) is 12.8. The molecule has 1 saturated heterocycles. The van der Waals surface area contributed by atoms with Crippen molar-refractivity contribution in [2.45, 2.75) is 50.3 Å². The number of ether oxygens (including phenoxy) is 4. The molecule has 1 aliphatic carbocycles. The van der Waals surface area contributed by atoms with Crippen molar-refractivity contribution in [2.75, 3.05) is 13.7 Å². The summed E-state index contributed by atoms with van der Waals surface area (Å²) in [5.74, 6) is -2.13. The van der Waals surface area contributed by atoms with E-state index in [1.54, 1.807) is 6.92 Å². The quantitative estimate of drug-likeness (QED) is 0.400. The largest absolute Gasteiger partial charge is 0.472 e. The van der Waals surface area contributed by atoms with Crippen molar-refractivity contribution in [2.24, 2.45) is 17.8 Å². The fraction of sp³-hybridized carbons (Fsp3) is 0.765. The van der Waals surface area contributed by atoms with Gasteiger partial charge >= 0.3 is 5.97 Å². The zero-order valence-corrected chi connectivity index (χ0v) is 14.9. The van der Waals surface area contributed by atoms with E-state index in [0.717, 1.165) is 0 Å². The molecule has 0 amide bonds. The van der Waals surface area contributed by atoms with Gasteiger partial charge in [-0.25, -0.2) is 4.79 Å². The van der Waals surface area contributed by atoms with Gasteiger partial charge in [-0.1, -0.05) is 6.92 Å². The third-order valence-corrected chi connectivity index (χ3v) is 5.55. The second-order valence-electron chi connectivity index (χ2n) is 7.05. The average Bonchev–Trinajstić information content (AvgIpc) is 2.96. The van der Waals surface area contributed by atoms with Crippen LogP contribution in [-0.2, 0) is 28.5 Å². The Hall–Kier alpha value is -1.56. The second kappa shape index (κ2) is 7.82. The molecule has 4 N–H and O–H groups in total. The van der Waals surface area contributed by atoms with E-state index in [1.807, 2.05) is 0 Å². The molecular weight excluding hydrogens is 364 g/mol. The predicted molar refractivity (Wildman–Crippen MR) is 85.6 cm³/mol. The molecular formula is C17H24O10. The number of rotatable bonds is 4. The standard InChI is InChI=1S/C17H24O10/c1-6-9(19)3-7-8(15(23)24-2)5-25-16(11(6)7)27-17-14(22)13(21)12(20)10(4-18)26-17/h5-7,10-14,16-18,20-22H,3-4H2,1-2H3/t6-,7-,10-,11-,12-,13+,14-,16+,17+/m1/s1. The Morgan fingerprint density at radius 1 is 1.22 bits per heavy atom. The Kier molecular flexibility index (Phi) is 5.84. The van der Waals surface area contributed by atoms with E-state index in [-0.39, 0.29) is 17.8 Å². The van der Waals surface area contributed by atoms with E-state index >= 15 is 0 Å². The Morgan fingerprint density at radius 3 is 2.56 bits per heavy atom. The maximum atomic E-state index is 12.2. The third-order valence-electron chi connectivity index (χ3n) is 5.55. The number of methoxy groups -OCH3 is 1. The number of aliphatic hydroxyl groups is 4. The van der Waals surface area contributed by atoms with Gasteiger partial charge in [0.2, 0.25) is 6.29 Å². The molecule has 152 valence electrons. The maximum absolute atomic E-state index is 12.2. The summed E-state index contributed by atoms with van der Waals surface area (Å²) in [4.78, 5) is 24.2. The Balaban J connectivity index is 1.81. The number of carbonyl (C=O) groups is 2. The highest BCUT2D eigenvalue weighted by molar-refractivity contribution is 5.92. The lowest BCUT2D eigenvalue weighted by atomic mass is 9.83. The van der Waals surface area contributed by atoms with Gasteiger partial charge in [0.1, 0.15) is 30.2 Å². The molecule has 2 fully saturated rings. The average molecular weight is 388 g/mol. The smallest absolute Gasteiger partial charge is 0.337 e. The van der Waals surface area contributed by atoms with Crippen LogP contribution in [0, 0.1) is 17.8 Å². The van der Waals surface area contributed by atoms with Crippen LogP contribution >= 0.6 is 0 Å². The molecule has 0 spiro atoms. The summed E-state index contributed by atoms with van der Waals surface area (Å²) in [6, 6.07) is 0. The molecule has 3 rings (SSSR count). The molecule has 0 unspecified atom stereocenters. The molecule has 10 nitrogen and oxygen atoms in total. The monoisotopic (exact) mass is 388 g/mol. The van der Waals surface area contributed by atoms with Crippen LogP contribution in [0.3, 0.4) is 0 Å². The molecule has 9 atom stereocenters. The SMILES string of the molecule is COC(=O)C1=CO[C@@H](O[C@@H]2O[C@H](CO)[C@@H](O)[C@H](O)[C@H]2O)[C@@H]2[C@H](C)C(=O)C[C@H]12. The van der Waals surface area contributed by atoms with E-state index in [0.29, 0.717) is 0 Å². The van der Waals surface area contributed by atoms with Gasteiger partial charge in [0.15, 0.2) is 6.29 Å². The van der Waals surface area contributed by atoms with Crippen LogP contribution in [0.5, 0.6) is 0 Å². The Bertz CT molecular complexity index is 617. The Labute approximate surface area is 155 Å². The van der Waals surface area contributed by atoms with Crippen molar-refractivity contribution in [3.8, 4) is 0 Å². The molecule has 0 aromatic rings. The highest BCUT2D eigenvalue weighted by Crippen LogP contribution is 2.45. The molecule has 10 heteroatoms. The van der Waals surface area contributed by atoms with Gasteiger partial charge in [0.25, 0.3) is 0 Å². The zero-order chi connectivity index (χ0) is 19.9. The predicted octanol–water partition coefficient (Wildman–Crippen LogP) is -1.94. The van der Waals surface area contributed by atoms with E-state index in [2.05, 4.69) is 0 Å². The van der Waals surface area contributed by atoms with Gasteiger partial charge in [-0.15, -0.1) is 0 Å². The summed E-state index contributed by atoms with van der Waals surface area (Å²) < 4.78 is 21.2. The minimum absolute atomic E-state index is 0.0623. The molecule has 0 bridgehead atoms. The summed E-state index contributed by atoms with van der Waals surface area (Å²) in [6.07, 6.45) is -6.96. The van der Waals surface area contributed by atoms with Crippen molar-refractivity contribution >= 4 is 11.8 Å². The first kappa shape index (κ1) is 20.2. The van der Waals surface area contributed by atoms with Crippen LogP contribution < -0.4 is 0 Å². The first-order valence-corrected chi connectivity index (χ1v) is 8.72. The van der Waals surface area contributed by atoms with Crippen LogP contribution in [0.4, 0.5) is 0 Å². The molecule has 2 heterocycles. The molecule has 3 aliphatic rings. The first-order valence-electron chi connectivity index (χ1n) is 8.72. The van der Waals surface area contributed by atoms with Crippen LogP contribution in [0.1, 0.15) is 13.3 Å². The molecule has 1 saturated carbocycles. The number of aliphatic hydroxyl groups excluding tert-OH is 4. The molecule has 0 aromatic heterocycles. The highest BCUT2D eigenvalue weighted by Gasteiger charge is 2.53. The molecule has 0 radical (unpaired) electrons. The number of ketones is 1. The fourth-order valence-corrected chi connectivity index (χ4v) is 3.92. The third kappa shape index (κ3) is 3.48. The zero-order valence-electron chi connectivity index (χ0n) is 14.9. The lowest BCUT2D eigenvalue weighted by molar-refractivity contribution is -0.342. The summed E-state index contributed by atoms with van der Waals surface area (Å²) in [7, 11) is 1.23. The number of esters is 1. The number of hydrogen-bond acceptors (Lipinski definition) is 10. The molecule has 0 aromatic carbocycles. The van der Waals surface area contributed by atoms with Gasteiger partial charge in [0, 0.05) is 24.2 Å². The van der Waals surface area contributed by atoms with E-state index in [4.69, 9.17) is 18.9 Å². The van der Waals surface area contributed by atoms with E-state index < -0.39 is 67.3 Å². The summed E-state index contributed by atoms with van der Waals surface area (Å²) >= 11 is 0. The lowest BCUT2D eigenvalue weighted by Gasteiger charge is -2.42. The van der Waals surface area contributed by atoms with Gasteiger partial charge < -0.3 is 39.4 Å². The van der Waals surface area contributed by atoms with Gasteiger partial charge in [-0.05, 0) is 0 Å². The highest BCUT2D eigenvalue weighted by atomic mass is 16.8. The summed E-state index contributed by atoms with van der Waals surface area (Å²) in [5, 5.41) is 39.1. The Morgan fingerprint density at radius 2 is 1.93 bits per heavy atom. The summed E-state index contributed by atoms with van der Waals surface area (Å²) in [5.41, 5.74) is 0.230. The maximum Gasteiger partial charge on any atom is 0.337 e. The summed E-state index contributed by atoms with van der Waals surface area (Å²) in [6.45, 7) is 1.10. The number of hydrogen-bond donors (Lipinski definition) is 4. The van der Waals surface area contributed by atoms with Crippen LogP contribution in [0.2, 0.25) is 0 Å². The van der Waals surface area contributed by atoms with Crippen molar-refractivity contribution in [3.05, 3.63) is 11.8 Å².